The van der Waals surface area contributed by atoms with Crippen molar-refractivity contribution in [3.63, 3.8) is 0 Å². The van der Waals surface area contributed by atoms with Gasteiger partial charge in [-0.1, -0.05) is 0 Å². The monoisotopic (exact) mass is 403 g/mol. The maximum Gasteiger partial charge on any atom is 0.538 e. The Kier molecular flexibility index (Phi) is 5.95. The number of nitrogens with zero attached hydrogens (tertiary/aromatic N) is 5. The summed E-state index contributed by atoms with van der Waals surface area (Å²) in [7, 11) is -10.9. The number of aromatic nitrogens is 3. The lowest BCUT2D eigenvalue weighted by Crippen LogP contribution is -2.45. The molecule has 20 heteroatoms. The number of carbonyl (C=O) groups excluding carboxylic acids is 2. The fourth-order valence-corrected chi connectivity index (χ4v) is 2.54. The topological polar surface area (TPSA) is 297 Å². The molecule has 1 aromatic rings. The third-order valence-electron chi connectivity index (χ3n) is 1.90. The molecule has 1 atom stereocenters. The van der Waals surface area contributed by atoms with Crippen molar-refractivity contribution in [2.45, 2.75) is 0 Å². The molecule has 0 saturated carbocycles. The van der Waals surface area contributed by atoms with E-state index >= 15 is 0 Å². The normalized spacial score (nSPS) is 13.6. The first-order valence-electron chi connectivity index (χ1n) is 5.46. The molecule has 0 spiro atoms. The van der Waals surface area contributed by atoms with Gasteiger partial charge in [-0.15, -0.1) is 0 Å². The summed E-state index contributed by atoms with van der Waals surface area (Å²) in [5.41, 5.74) is 9.73. The van der Waals surface area contributed by atoms with E-state index in [0.29, 0.717) is 0 Å². The van der Waals surface area contributed by atoms with Crippen molar-refractivity contribution in [1.29, 1.82) is 0 Å². The van der Waals surface area contributed by atoms with Gasteiger partial charge >= 0.3 is 33.7 Å². The number of hydrazine groups is 2. The van der Waals surface area contributed by atoms with Crippen molar-refractivity contribution in [1.82, 2.24) is 15.0 Å². The molecule has 1 unspecified atom stereocenters. The standard InChI is InChI=1S/C5H11N9O9P2/c6-1(15)13(8)3-10-4(14(9)2(7)16)12-5(11-3)22-25(20,21)23-24(17,18)19/h8-9H2,(H2,6,15)(H2,7,16)(H,20,21)(H2,17,18,19). The largest absolute Gasteiger partial charge is 0.538 e. The summed E-state index contributed by atoms with van der Waals surface area (Å²) in [6.07, 6.45) is 0. The molecular formula is C5H11N9O9P2. The van der Waals surface area contributed by atoms with E-state index < -0.39 is 45.6 Å². The molecule has 25 heavy (non-hydrogen) atoms. The quantitative estimate of drug-likeness (QED) is 0.108. The SMILES string of the molecule is NC(=O)N(N)c1nc(OP(=O)(O)OP(=O)(O)O)nc(N(N)C(N)=O)n1. The zero-order chi connectivity index (χ0) is 19.6. The summed E-state index contributed by atoms with van der Waals surface area (Å²) < 4.78 is 29.8. The number of rotatable bonds is 6. The minimum Gasteiger partial charge on any atom is -0.368 e. The van der Waals surface area contributed by atoms with Gasteiger partial charge in [0.2, 0.25) is 0 Å². The van der Waals surface area contributed by atoms with Gasteiger partial charge in [0.05, 0.1) is 0 Å². The first-order chi connectivity index (χ1) is 11.2. The van der Waals surface area contributed by atoms with Crippen LogP contribution in [0.3, 0.4) is 0 Å². The lowest BCUT2D eigenvalue weighted by Gasteiger charge is -2.17. The number of primary amides is 2. The first kappa shape index (κ1) is 20.6. The molecule has 1 rings (SSSR count). The molecule has 0 aliphatic rings. The van der Waals surface area contributed by atoms with Crippen molar-refractivity contribution < 1.29 is 42.2 Å². The number of nitrogens with two attached hydrogens (primary N) is 4. The van der Waals surface area contributed by atoms with Gasteiger partial charge in [0, 0.05) is 0 Å². The molecule has 1 heterocycles. The van der Waals surface area contributed by atoms with Gasteiger partial charge in [-0.25, -0.2) is 30.4 Å². The van der Waals surface area contributed by atoms with Crippen LogP contribution in [0.4, 0.5) is 21.5 Å². The molecule has 18 nitrogen and oxygen atoms in total. The molecule has 0 fully saturated rings. The second kappa shape index (κ2) is 7.21. The Morgan fingerprint density at radius 2 is 1.32 bits per heavy atom. The van der Waals surface area contributed by atoms with Crippen LogP contribution in [0.25, 0.3) is 0 Å². The zero-order valence-electron chi connectivity index (χ0n) is 11.7. The average molecular weight is 403 g/mol. The van der Waals surface area contributed by atoms with Gasteiger partial charge in [0.25, 0.3) is 11.9 Å². The smallest absolute Gasteiger partial charge is 0.368 e. The zero-order valence-corrected chi connectivity index (χ0v) is 13.5. The Bertz CT molecular complexity index is 742. The fourth-order valence-electron chi connectivity index (χ4n) is 1.04. The highest BCUT2D eigenvalue weighted by Crippen LogP contribution is 2.56. The Morgan fingerprint density at radius 1 is 0.920 bits per heavy atom. The predicted octanol–water partition coefficient (Wildman–Crippen LogP) is -3.02. The van der Waals surface area contributed by atoms with Crippen molar-refractivity contribution in [3.8, 4) is 6.01 Å². The van der Waals surface area contributed by atoms with Crippen LogP contribution in [0.1, 0.15) is 0 Å². The van der Waals surface area contributed by atoms with Crippen molar-refractivity contribution in [3.05, 3.63) is 0 Å². The minimum atomic E-state index is -5.45. The van der Waals surface area contributed by atoms with E-state index in [-0.39, 0.29) is 10.0 Å². The van der Waals surface area contributed by atoms with Crippen LogP contribution in [0.15, 0.2) is 0 Å². The molecule has 140 valence electrons. The molecule has 1 aromatic heterocycles. The molecule has 11 N–H and O–H groups in total. The Hall–Kier alpha value is -2.43. The lowest BCUT2D eigenvalue weighted by molar-refractivity contribution is 0.226. The highest BCUT2D eigenvalue weighted by Gasteiger charge is 2.35. The molecular weight excluding hydrogens is 392 g/mol. The van der Waals surface area contributed by atoms with Crippen molar-refractivity contribution >= 4 is 39.6 Å². The summed E-state index contributed by atoms with van der Waals surface area (Å²) in [6, 6.07) is -3.80. The number of urea groups is 2. The highest BCUT2D eigenvalue weighted by atomic mass is 31.3. The Balaban J connectivity index is 3.34. The number of carbonyl (C=O) groups is 2. The van der Waals surface area contributed by atoms with Gasteiger partial charge in [-0.3, -0.25) is 4.89 Å². The van der Waals surface area contributed by atoms with Crippen LogP contribution < -0.4 is 37.7 Å². The summed E-state index contributed by atoms with van der Waals surface area (Å²) in [5.74, 6) is 8.74. The van der Waals surface area contributed by atoms with Crippen LogP contribution in [-0.2, 0) is 13.4 Å². The molecule has 0 saturated heterocycles. The fraction of sp³-hybridized carbons (Fsp3) is 0. The van der Waals surface area contributed by atoms with Crippen LogP contribution >= 0.6 is 15.6 Å². The Labute approximate surface area is 137 Å². The summed E-state index contributed by atoms with van der Waals surface area (Å²) in [4.78, 5) is 58.2. The van der Waals surface area contributed by atoms with Crippen LogP contribution in [0, 0.1) is 0 Å². The highest BCUT2D eigenvalue weighted by molar-refractivity contribution is 7.60. The van der Waals surface area contributed by atoms with Gasteiger partial charge in [0.1, 0.15) is 0 Å². The number of hydrogen-bond acceptors (Lipinski definition) is 11. The second-order valence-electron chi connectivity index (χ2n) is 3.77. The molecule has 0 bridgehead atoms. The number of hydrogen-bond donors (Lipinski definition) is 7. The summed E-state index contributed by atoms with van der Waals surface area (Å²) >= 11 is 0. The van der Waals surface area contributed by atoms with E-state index in [9.17, 15) is 23.6 Å². The van der Waals surface area contributed by atoms with Gasteiger partial charge in [-0.2, -0.15) is 29.3 Å². The molecule has 0 aliphatic carbocycles. The minimum absolute atomic E-state index is 0.0962. The van der Waals surface area contributed by atoms with Crippen LogP contribution in [-0.4, -0.2) is 41.7 Å². The predicted molar refractivity (Wildman–Crippen MR) is 75.9 cm³/mol. The van der Waals surface area contributed by atoms with Crippen LogP contribution in [0.5, 0.6) is 6.01 Å². The van der Waals surface area contributed by atoms with E-state index in [4.69, 9.17) is 32.9 Å². The molecule has 0 aromatic carbocycles. The number of phosphoric ester groups is 1. The van der Waals surface area contributed by atoms with Crippen LogP contribution in [0.2, 0.25) is 0 Å². The maximum atomic E-state index is 11.5. The van der Waals surface area contributed by atoms with E-state index in [0.717, 1.165) is 0 Å². The molecule has 0 radical (unpaired) electrons. The number of phosphoric acid groups is 2. The average Bonchev–Trinajstić information content (AvgIpc) is 2.41. The van der Waals surface area contributed by atoms with E-state index in [1.807, 2.05) is 0 Å². The lowest BCUT2D eigenvalue weighted by atomic mass is 10.7. The maximum absolute atomic E-state index is 11.5. The summed E-state index contributed by atoms with van der Waals surface area (Å²) in [5, 5.41) is 0.192. The van der Waals surface area contributed by atoms with E-state index in [2.05, 4.69) is 23.8 Å². The first-order valence-corrected chi connectivity index (χ1v) is 8.48. The van der Waals surface area contributed by atoms with Crippen molar-refractivity contribution in [2.75, 3.05) is 10.0 Å². The van der Waals surface area contributed by atoms with Crippen molar-refractivity contribution in [2.24, 2.45) is 23.2 Å². The van der Waals surface area contributed by atoms with Gasteiger partial charge < -0.3 is 25.8 Å². The van der Waals surface area contributed by atoms with Gasteiger partial charge in [-0.05, 0) is 0 Å². The van der Waals surface area contributed by atoms with E-state index in [1.54, 1.807) is 0 Å². The molecule has 4 amide bonds. The third-order valence-corrected chi connectivity index (χ3v) is 3.97. The van der Waals surface area contributed by atoms with Gasteiger partial charge in [0.15, 0.2) is 0 Å². The Morgan fingerprint density at radius 3 is 1.64 bits per heavy atom. The number of amides is 4. The second-order valence-corrected chi connectivity index (χ2v) is 6.52. The van der Waals surface area contributed by atoms with E-state index in [1.165, 1.54) is 0 Å². The number of anilines is 2. The third kappa shape index (κ3) is 6.18. The molecule has 0 aliphatic heterocycles. The summed E-state index contributed by atoms with van der Waals surface area (Å²) in [6.45, 7) is 0.